The third kappa shape index (κ3) is 3.51. The van der Waals surface area contributed by atoms with Gasteiger partial charge in [0, 0.05) is 21.5 Å². The molecule has 0 unspecified atom stereocenters. The van der Waals surface area contributed by atoms with E-state index in [1.54, 1.807) is 0 Å². The normalized spacial score (nSPS) is 16.1. The van der Waals surface area contributed by atoms with Crippen molar-refractivity contribution in [3.8, 4) is 11.9 Å². The number of aromatic nitrogens is 5. The maximum Gasteiger partial charge on any atom is 0.240 e. The van der Waals surface area contributed by atoms with E-state index in [-0.39, 0.29) is 16.1 Å². The van der Waals surface area contributed by atoms with Crippen LogP contribution in [0.3, 0.4) is 0 Å². The zero-order chi connectivity index (χ0) is 28.1. The molecule has 0 radical (unpaired) electrons. The second kappa shape index (κ2) is 8.40. The zero-order valence-electron chi connectivity index (χ0n) is 23.6. The highest BCUT2D eigenvalue weighted by atomic mass is 35.5. The molecule has 0 N–H and O–H groups in total. The van der Waals surface area contributed by atoms with Crippen LogP contribution in [0.25, 0.3) is 55.5 Å². The molecule has 1 aliphatic carbocycles. The molecule has 6 heteroatoms. The number of benzene rings is 4. The highest BCUT2D eigenvalue weighted by Crippen LogP contribution is 2.48. The summed E-state index contributed by atoms with van der Waals surface area (Å²) in [6.07, 6.45) is 2.32. The molecule has 0 bridgehead atoms. The number of fused-ring (bicyclic) bond motifs is 7. The van der Waals surface area contributed by atoms with E-state index in [9.17, 15) is 0 Å². The Kier molecular flexibility index (Phi) is 5.03. The van der Waals surface area contributed by atoms with Crippen molar-refractivity contribution < 1.29 is 0 Å². The first kappa shape index (κ1) is 24.6. The van der Waals surface area contributed by atoms with Gasteiger partial charge in [0.1, 0.15) is 0 Å². The maximum atomic E-state index is 6.70. The summed E-state index contributed by atoms with van der Waals surface area (Å²) in [6, 6.07) is 30.0. The van der Waals surface area contributed by atoms with E-state index in [1.165, 1.54) is 28.3 Å². The highest BCUT2D eigenvalue weighted by molar-refractivity contribution is 6.28. The number of rotatable bonds is 2. The van der Waals surface area contributed by atoms with E-state index in [1.807, 2.05) is 12.1 Å². The van der Waals surface area contributed by atoms with Crippen LogP contribution in [0.2, 0.25) is 5.28 Å². The molecule has 5 nitrogen and oxygen atoms in total. The van der Waals surface area contributed by atoms with Crippen LogP contribution in [-0.4, -0.2) is 24.1 Å². The summed E-state index contributed by atoms with van der Waals surface area (Å²) in [7, 11) is 0. The third-order valence-electron chi connectivity index (χ3n) is 9.21. The molecule has 202 valence electrons. The van der Waals surface area contributed by atoms with Gasteiger partial charge >= 0.3 is 0 Å². The Balaban J connectivity index is 1.46. The highest BCUT2D eigenvalue weighted by Gasteiger charge is 2.38. The molecule has 0 saturated carbocycles. The molecule has 0 saturated heterocycles. The van der Waals surface area contributed by atoms with E-state index >= 15 is 0 Å². The Morgan fingerprint density at radius 3 is 1.46 bits per heavy atom. The third-order valence-corrected chi connectivity index (χ3v) is 9.38. The fraction of sp³-hybridized carbons (Fsp3) is 0.229. The standard InChI is InChI=1S/C35H30ClN5/c1-34(2)17-18-35(3,4)26-20-30-24(19-25(26)34)23-13-7-10-16-29(23)41(30)33-38-31(36)37-32(39-33)40-27-14-8-5-11-21(27)22-12-6-9-15-28(22)40/h5-16,19-20H,17-18H2,1-4H3. The van der Waals surface area contributed by atoms with Crippen LogP contribution in [0, 0.1) is 0 Å². The van der Waals surface area contributed by atoms with Gasteiger partial charge in [0.15, 0.2) is 0 Å². The molecule has 7 aromatic rings. The average molecular weight is 556 g/mol. The molecule has 0 atom stereocenters. The van der Waals surface area contributed by atoms with Crippen LogP contribution in [-0.2, 0) is 10.8 Å². The lowest BCUT2D eigenvalue weighted by molar-refractivity contribution is 0.332. The predicted octanol–water partition coefficient (Wildman–Crippen LogP) is 9.07. The second-order valence-corrected chi connectivity index (χ2v) is 12.9. The molecule has 0 spiro atoms. The molecule has 41 heavy (non-hydrogen) atoms. The van der Waals surface area contributed by atoms with Crippen molar-refractivity contribution in [1.29, 1.82) is 0 Å². The van der Waals surface area contributed by atoms with Gasteiger partial charge in [-0.1, -0.05) is 82.3 Å². The Morgan fingerprint density at radius 2 is 0.951 bits per heavy atom. The molecule has 1 aliphatic rings. The lowest BCUT2D eigenvalue weighted by Gasteiger charge is -2.42. The quantitative estimate of drug-likeness (QED) is 0.214. The molecular weight excluding hydrogens is 526 g/mol. The summed E-state index contributed by atoms with van der Waals surface area (Å²) in [6.45, 7) is 9.46. The average Bonchev–Trinajstić information content (AvgIpc) is 3.47. The van der Waals surface area contributed by atoms with Crippen LogP contribution in [0.5, 0.6) is 0 Å². The van der Waals surface area contributed by atoms with Crippen molar-refractivity contribution in [3.05, 3.63) is 101 Å². The molecule has 3 aromatic heterocycles. The van der Waals surface area contributed by atoms with Gasteiger partial charge in [0.05, 0.1) is 22.1 Å². The van der Waals surface area contributed by atoms with Crippen LogP contribution in [0.15, 0.2) is 84.9 Å². The van der Waals surface area contributed by atoms with Crippen molar-refractivity contribution in [1.82, 2.24) is 24.1 Å². The molecule has 0 aliphatic heterocycles. The summed E-state index contributed by atoms with van der Waals surface area (Å²) >= 11 is 6.70. The van der Waals surface area contributed by atoms with Crippen LogP contribution in [0.1, 0.15) is 51.7 Å². The van der Waals surface area contributed by atoms with Gasteiger partial charge in [-0.2, -0.15) is 15.0 Å². The summed E-state index contributed by atoms with van der Waals surface area (Å²) < 4.78 is 4.25. The molecule has 0 amide bonds. The topological polar surface area (TPSA) is 48.5 Å². The monoisotopic (exact) mass is 555 g/mol. The van der Waals surface area contributed by atoms with E-state index in [4.69, 9.17) is 21.6 Å². The van der Waals surface area contributed by atoms with Gasteiger partial charge in [-0.25, -0.2) is 0 Å². The molecule has 4 aromatic carbocycles. The van der Waals surface area contributed by atoms with E-state index in [0.717, 1.165) is 39.3 Å². The molecule has 0 fully saturated rings. The Morgan fingerprint density at radius 1 is 0.537 bits per heavy atom. The van der Waals surface area contributed by atoms with E-state index in [2.05, 4.69) is 115 Å². The number of halogens is 1. The molecular formula is C35H30ClN5. The maximum absolute atomic E-state index is 6.70. The minimum Gasteiger partial charge on any atom is -0.278 e. The first-order chi connectivity index (χ1) is 19.7. The fourth-order valence-corrected chi connectivity index (χ4v) is 7.06. The lowest BCUT2D eigenvalue weighted by atomic mass is 9.63. The van der Waals surface area contributed by atoms with Crippen molar-refractivity contribution >= 4 is 55.2 Å². The largest absolute Gasteiger partial charge is 0.278 e. The van der Waals surface area contributed by atoms with E-state index in [0.29, 0.717) is 11.9 Å². The van der Waals surface area contributed by atoms with Gasteiger partial charge in [-0.3, -0.25) is 9.13 Å². The minimum absolute atomic E-state index is 0.0746. The van der Waals surface area contributed by atoms with Crippen molar-refractivity contribution in [2.24, 2.45) is 0 Å². The first-order valence-electron chi connectivity index (χ1n) is 14.2. The minimum atomic E-state index is 0.0746. The lowest BCUT2D eigenvalue weighted by Crippen LogP contribution is -2.33. The number of hydrogen-bond acceptors (Lipinski definition) is 3. The van der Waals surface area contributed by atoms with Gasteiger partial charge in [0.2, 0.25) is 17.2 Å². The first-order valence-corrected chi connectivity index (χ1v) is 14.6. The summed E-state index contributed by atoms with van der Waals surface area (Å²) in [5.41, 5.74) is 7.22. The van der Waals surface area contributed by atoms with Crippen molar-refractivity contribution in [2.45, 2.75) is 51.4 Å². The SMILES string of the molecule is CC1(C)CCC(C)(C)c2cc3c(cc21)c1ccccc1n3-c1nc(Cl)nc(-n2c3ccccc3c3ccccc32)n1. The number of hydrogen-bond donors (Lipinski definition) is 0. The van der Waals surface area contributed by atoms with Crippen molar-refractivity contribution in [3.63, 3.8) is 0 Å². The van der Waals surface area contributed by atoms with Gasteiger partial charge in [0.25, 0.3) is 0 Å². The fourth-order valence-electron chi connectivity index (χ4n) is 6.91. The molecule has 8 rings (SSSR count). The number of nitrogens with zero attached hydrogens (tertiary/aromatic N) is 5. The van der Waals surface area contributed by atoms with Gasteiger partial charge in [-0.15, -0.1) is 0 Å². The Bertz CT molecular complexity index is 2130. The van der Waals surface area contributed by atoms with Crippen LogP contribution >= 0.6 is 11.6 Å². The summed E-state index contributed by atoms with van der Waals surface area (Å²) in [5, 5.41) is 4.85. The van der Waals surface area contributed by atoms with Gasteiger partial charge in [-0.05, 0) is 76.7 Å². The Labute approximate surface area is 243 Å². The summed E-state index contributed by atoms with van der Waals surface area (Å²) in [4.78, 5) is 14.5. The zero-order valence-corrected chi connectivity index (χ0v) is 24.4. The number of para-hydroxylation sites is 3. The van der Waals surface area contributed by atoms with Crippen molar-refractivity contribution in [2.75, 3.05) is 0 Å². The smallest absolute Gasteiger partial charge is 0.240 e. The molecule has 3 heterocycles. The Hall–Kier alpha value is -4.22. The predicted molar refractivity (Wildman–Crippen MR) is 169 cm³/mol. The van der Waals surface area contributed by atoms with E-state index < -0.39 is 0 Å². The van der Waals surface area contributed by atoms with Gasteiger partial charge < -0.3 is 0 Å². The second-order valence-electron chi connectivity index (χ2n) is 12.6. The summed E-state index contributed by atoms with van der Waals surface area (Å²) in [5.74, 6) is 1.02. The van der Waals surface area contributed by atoms with Crippen LogP contribution in [0.4, 0.5) is 0 Å². The van der Waals surface area contributed by atoms with Crippen LogP contribution < -0.4 is 0 Å².